The van der Waals surface area contributed by atoms with E-state index in [1.54, 1.807) is 11.0 Å². The summed E-state index contributed by atoms with van der Waals surface area (Å²) in [6.07, 6.45) is 3.02. The van der Waals surface area contributed by atoms with Crippen molar-refractivity contribution in [3.05, 3.63) is 35.1 Å². The maximum Gasteiger partial charge on any atom is 0.410 e. The minimum atomic E-state index is -1.23. The predicted molar refractivity (Wildman–Crippen MR) is 93.8 cm³/mol. The van der Waals surface area contributed by atoms with E-state index in [0.29, 0.717) is 18.4 Å². The largest absolute Gasteiger partial charge is 0.444 e. The first-order valence-corrected chi connectivity index (χ1v) is 9.10. The number of carbonyl (C=O) groups is 1. The van der Waals surface area contributed by atoms with Gasteiger partial charge < -0.3 is 14.7 Å². The van der Waals surface area contributed by atoms with Gasteiger partial charge in [-0.15, -0.1) is 0 Å². The summed E-state index contributed by atoms with van der Waals surface area (Å²) in [6, 6.07) is 4.65. The van der Waals surface area contributed by atoms with Crippen LogP contribution in [0.3, 0.4) is 0 Å². The molecule has 138 valence electrons. The second-order valence-corrected chi connectivity index (χ2v) is 8.50. The molecule has 1 amide bonds. The predicted octanol–water partition coefficient (Wildman–Crippen LogP) is 4.27. The molecule has 1 N–H and O–H groups in total. The highest BCUT2D eigenvalue weighted by molar-refractivity contribution is 5.69. The van der Waals surface area contributed by atoms with E-state index in [4.69, 9.17) is 4.74 Å². The molecule has 2 aliphatic rings. The number of benzene rings is 1. The Bertz CT molecular complexity index is 633. The summed E-state index contributed by atoms with van der Waals surface area (Å²) >= 11 is 0. The first-order valence-electron chi connectivity index (χ1n) is 9.10. The molecule has 2 atom stereocenters. The van der Waals surface area contributed by atoms with Gasteiger partial charge in [-0.1, -0.05) is 12.1 Å². The lowest BCUT2D eigenvalue weighted by molar-refractivity contribution is -0.0980. The summed E-state index contributed by atoms with van der Waals surface area (Å²) in [4.78, 5) is 14.4. The monoisotopic (exact) mass is 349 g/mol. The Morgan fingerprint density at radius 3 is 2.40 bits per heavy atom. The van der Waals surface area contributed by atoms with Crippen molar-refractivity contribution in [3.8, 4) is 0 Å². The Morgan fingerprint density at radius 1 is 1.28 bits per heavy atom. The normalized spacial score (nSPS) is 29.4. The Morgan fingerprint density at radius 2 is 1.88 bits per heavy atom. The van der Waals surface area contributed by atoms with Gasteiger partial charge in [-0.3, -0.25) is 0 Å². The lowest BCUT2D eigenvalue weighted by atomic mass is 9.71. The molecule has 0 saturated carbocycles. The number of aryl methyl sites for hydroxylation is 1. The van der Waals surface area contributed by atoms with Gasteiger partial charge in [-0.25, -0.2) is 9.18 Å². The minimum Gasteiger partial charge on any atom is -0.444 e. The van der Waals surface area contributed by atoms with Crippen molar-refractivity contribution >= 4 is 6.09 Å². The van der Waals surface area contributed by atoms with Crippen LogP contribution in [-0.4, -0.2) is 33.8 Å². The van der Waals surface area contributed by atoms with Crippen LogP contribution in [0.1, 0.15) is 64.0 Å². The van der Waals surface area contributed by atoms with Crippen LogP contribution in [0.25, 0.3) is 0 Å². The topological polar surface area (TPSA) is 49.8 Å². The number of hydrogen-bond acceptors (Lipinski definition) is 3. The number of ether oxygens (including phenoxy) is 1. The zero-order valence-corrected chi connectivity index (χ0v) is 15.5. The SMILES string of the molecule is Cc1cccc(F)c1C1(O)CC2CCCC(C1)N2C(=O)OC(C)(C)C. The van der Waals surface area contributed by atoms with E-state index in [0.717, 1.165) is 24.8 Å². The van der Waals surface area contributed by atoms with Gasteiger partial charge in [0.2, 0.25) is 0 Å². The van der Waals surface area contributed by atoms with Crippen LogP contribution in [-0.2, 0) is 10.3 Å². The lowest BCUT2D eigenvalue weighted by Crippen LogP contribution is -2.59. The van der Waals surface area contributed by atoms with Gasteiger partial charge in [0.05, 0.1) is 5.60 Å². The van der Waals surface area contributed by atoms with Crippen LogP contribution in [0.15, 0.2) is 18.2 Å². The van der Waals surface area contributed by atoms with Crippen LogP contribution in [0.5, 0.6) is 0 Å². The average molecular weight is 349 g/mol. The Kier molecular flexibility index (Phi) is 4.56. The Labute approximate surface area is 149 Å². The van der Waals surface area contributed by atoms with Gasteiger partial charge >= 0.3 is 6.09 Å². The smallest absolute Gasteiger partial charge is 0.410 e. The molecule has 0 radical (unpaired) electrons. The quantitative estimate of drug-likeness (QED) is 0.823. The fraction of sp³-hybridized carbons (Fsp3) is 0.650. The molecule has 0 aliphatic carbocycles. The minimum absolute atomic E-state index is 0.119. The number of carbonyl (C=O) groups excluding carboxylic acids is 1. The second kappa shape index (κ2) is 6.27. The van der Waals surface area contributed by atoms with E-state index in [1.807, 2.05) is 33.8 Å². The molecule has 2 saturated heterocycles. The molecule has 2 unspecified atom stereocenters. The highest BCUT2D eigenvalue weighted by atomic mass is 19.1. The van der Waals surface area contributed by atoms with Gasteiger partial charge in [0.25, 0.3) is 0 Å². The molecular formula is C20H28FNO3. The van der Waals surface area contributed by atoms with E-state index < -0.39 is 11.2 Å². The van der Waals surface area contributed by atoms with Crippen molar-refractivity contribution in [3.63, 3.8) is 0 Å². The van der Waals surface area contributed by atoms with Gasteiger partial charge in [-0.05, 0) is 58.6 Å². The summed E-state index contributed by atoms with van der Waals surface area (Å²) in [5.41, 5.74) is -0.646. The zero-order valence-electron chi connectivity index (χ0n) is 15.5. The number of piperidine rings is 2. The van der Waals surface area contributed by atoms with E-state index in [1.165, 1.54) is 6.07 Å². The van der Waals surface area contributed by atoms with Crippen molar-refractivity contribution in [2.24, 2.45) is 0 Å². The second-order valence-electron chi connectivity index (χ2n) is 8.50. The van der Waals surface area contributed by atoms with Crippen molar-refractivity contribution < 1.29 is 19.0 Å². The maximum atomic E-state index is 14.5. The highest BCUT2D eigenvalue weighted by Gasteiger charge is 2.50. The first kappa shape index (κ1) is 18.2. The maximum absolute atomic E-state index is 14.5. The van der Waals surface area contributed by atoms with E-state index in [2.05, 4.69) is 0 Å². The molecule has 0 spiro atoms. The summed E-state index contributed by atoms with van der Waals surface area (Å²) in [6.45, 7) is 7.38. The number of nitrogens with zero attached hydrogens (tertiary/aromatic N) is 1. The molecule has 0 aromatic heterocycles. The molecule has 5 heteroatoms. The standard InChI is InChI=1S/C20H28FNO3/c1-13-7-5-10-16(21)17(13)20(24)11-14-8-6-9-15(12-20)22(14)18(23)25-19(2,3)4/h5,7,10,14-15,24H,6,8-9,11-12H2,1-4H3. The highest BCUT2D eigenvalue weighted by Crippen LogP contribution is 2.46. The van der Waals surface area contributed by atoms with E-state index in [-0.39, 0.29) is 24.0 Å². The van der Waals surface area contributed by atoms with Gasteiger partial charge in [0.1, 0.15) is 11.4 Å². The van der Waals surface area contributed by atoms with Crippen molar-refractivity contribution in [2.75, 3.05) is 0 Å². The van der Waals surface area contributed by atoms with Crippen LogP contribution in [0.4, 0.5) is 9.18 Å². The summed E-state index contributed by atoms with van der Waals surface area (Å²) in [7, 11) is 0. The van der Waals surface area contributed by atoms with Crippen molar-refractivity contribution in [2.45, 2.75) is 83.1 Å². The van der Waals surface area contributed by atoms with Crippen LogP contribution < -0.4 is 0 Å². The number of rotatable bonds is 1. The van der Waals surface area contributed by atoms with E-state index >= 15 is 0 Å². The molecule has 25 heavy (non-hydrogen) atoms. The summed E-state index contributed by atoms with van der Waals surface area (Å²) in [5, 5.41) is 11.3. The Hall–Kier alpha value is -1.62. The number of fused-ring (bicyclic) bond motifs is 2. The molecule has 3 rings (SSSR count). The van der Waals surface area contributed by atoms with Crippen LogP contribution >= 0.6 is 0 Å². The van der Waals surface area contributed by atoms with Crippen LogP contribution in [0, 0.1) is 12.7 Å². The molecule has 4 nitrogen and oxygen atoms in total. The van der Waals surface area contributed by atoms with E-state index in [9.17, 15) is 14.3 Å². The average Bonchev–Trinajstić information content (AvgIpc) is 2.43. The third kappa shape index (κ3) is 3.52. The molecule has 1 aromatic rings. The Balaban J connectivity index is 1.90. The van der Waals surface area contributed by atoms with Crippen molar-refractivity contribution in [1.82, 2.24) is 4.90 Å². The number of halogens is 1. The molecule has 2 fully saturated rings. The van der Waals surface area contributed by atoms with Gasteiger partial charge in [0.15, 0.2) is 0 Å². The number of hydrogen-bond donors (Lipinski definition) is 1. The zero-order chi connectivity index (χ0) is 18.4. The van der Waals surface area contributed by atoms with Crippen molar-refractivity contribution in [1.29, 1.82) is 0 Å². The first-order chi connectivity index (χ1) is 11.6. The summed E-state index contributed by atoms with van der Waals surface area (Å²) < 4.78 is 20.0. The van der Waals surface area contributed by atoms with Gasteiger partial charge in [0, 0.05) is 30.5 Å². The lowest BCUT2D eigenvalue weighted by Gasteiger charge is -2.52. The summed E-state index contributed by atoms with van der Waals surface area (Å²) in [5.74, 6) is -0.369. The number of aliphatic hydroxyl groups is 1. The fourth-order valence-electron chi connectivity index (χ4n) is 4.47. The third-order valence-corrected chi connectivity index (χ3v) is 5.30. The molecule has 1 aromatic carbocycles. The third-order valence-electron chi connectivity index (χ3n) is 5.30. The fourth-order valence-corrected chi connectivity index (χ4v) is 4.47. The molecule has 2 aliphatic heterocycles. The molecule has 2 heterocycles. The molecular weight excluding hydrogens is 321 g/mol. The molecule has 2 bridgehead atoms. The van der Waals surface area contributed by atoms with Gasteiger partial charge in [-0.2, -0.15) is 0 Å². The van der Waals surface area contributed by atoms with Crippen LogP contribution in [0.2, 0.25) is 0 Å². The number of amides is 1.